The summed E-state index contributed by atoms with van der Waals surface area (Å²) in [5.74, 6) is 6.22. The van der Waals surface area contributed by atoms with E-state index in [1.54, 1.807) is 18.6 Å². The van der Waals surface area contributed by atoms with Crippen LogP contribution < -0.4 is 5.32 Å². The van der Waals surface area contributed by atoms with E-state index in [9.17, 15) is 4.79 Å². The molecule has 0 spiro atoms. The van der Waals surface area contributed by atoms with Gasteiger partial charge in [0.25, 0.3) is 5.91 Å². The monoisotopic (exact) mass is 465 g/mol. The Balaban J connectivity index is 1.34. The lowest BCUT2D eigenvalue weighted by molar-refractivity contribution is 0.0342. The molecule has 7 heteroatoms. The highest BCUT2D eigenvalue weighted by Crippen LogP contribution is 2.19. The number of nitrogens with zero attached hydrogens (tertiary/aromatic N) is 4. The zero-order valence-corrected chi connectivity index (χ0v) is 19.9. The molecule has 0 bridgehead atoms. The van der Waals surface area contributed by atoms with Gasteiger partial charge in [0.15, 0.2) is 5.65 Å². The van der Waals surface area contributed by atoms with Crippen LogP contribution in [0.3, 0.4) is 0 Å². The van der Waals surface area contributed by atoms with E-state index >= 15 is 0 Å². The molecule has 1 fully saturated rings. The number of benzene rings is 2. The molecule has 4 aromatic rings. The van der Waals surface area contributed by atoms with Crippen LogP contribution in [-0.4, -0.2) is 51.5 Å². The maximum Gasteiger partial charge on any atom is 0.255 e. The smallest absolute Gasteiger partial charge is 0.255 e. The Morgan fingerprint density at radius 2 is 1.94 bits per heavy atom. The van der Waals surface area contributed by atoms with Crippen molar-refractivity contribution in [2.24, 2.45) is 0 Å². The number of carbonyl (C=O) groups is 1. The first kappa shape index (κ1) is 22.8. The summed E-state index contributed by atoms with van der Waals surface area (Å²) in [4.78, 5) is 23.9. The number of carbonyl (C=O) groups excluding carboxylic acids is 1. The van der Waals surface area contributed by atoms with Crippen LogP contribution in [0, 0.1) is 25.7 Å². The standard InChI is InChI=1S/C28H27N5O2/c1-20-13-22(19-32-9-11-35-12-10-32)15-25(14-20)31-28(34)24-4-3-21(2)23(16-24)5-6-26-17-30-27-18-29-7-8-33(26)27/h3-4,7-8,13-18H,9-12,19H2,1-2H3,(H,31,34). The Morgan fingerprint density at radius 1 is 1.09 bits per heavy atom. The van der Waals surface area contributed by atoms with Crippen LogP contribution in [-0.2, 0) is 11.3 Å². The van der Waals surface area contributed by atoms with Crippen molar-refractivity contribution in [2.45, 2.75) is 20.4 Å². The zero-order chi connectivity index (χ0) is 24.2. The first-order valence-electron chi connectivity index (χ1n) is 11.7. The molecule has 0 aliphatic carbocycles. The van der Waals surface area contributed by atoms with E-state index in [4.69, 9.17) is 4.74 Å². The molecule has 1 amide bonds. The first-order valence-corrected chi connectivity index (χ1v) is 11.7. The van der Waals surface area contributed by atoms with E-state index in [2.05, 4.69) is 44.2 Å². The molecule has 3 heterocycles. The van der Waals surface area contributed by atoms with Crippen LogP contribution in [0.2, 0.25) is 0 Å². The molecule has 1 aliphatic rings. The lowest BCUT2D eigenvalue weighted by Crippen LogP contribution is -2.35. The van der Waals surface area contributed by atoms with Crippen LogP contribution >= 0.6 is 0 Å². The third kappa shape index (κ3) is 5.40. The molecular weight excluding hydrogens is 438 g/mol. The van der Waals surface area contributed by atoms with Gasteiger partial charge in [-0.25, -0.2) is 4.98 Å². The van der Waals surface area contributed by atoms with Crippen molar-refractivity contribution in [1.82, 2.24) is 19.3 Å². The molecule has 0 radical (unpaired) electrons. The van der Waals surface area contributed by atoms with Gasteiger partial charge in [-0.3, -0.25) is 19.1 Å². The number of nitrogens with one attached hydrogen (secondary N) is 1. The number of aryl methyl sites for hydroxylation is 2. The predicted octanol–water partition coefficient (Wildman–Crippen LogP) is 3.83. The number of hydrogen-bond donors (Lipinski definition) is 1. The molecule has 7 nitrogen and oxygen atoms in total. The van der Waals surface area contributed by atoms with Gasteiger partial charge in [-0.05, 0) is 60.7 Å². The fourth-order valence-electron chi connectivity index (χ4n) is 4.21. The van der Waals surface area contributed by atoms with E-state index in [0.717, 1.165) is 66.6 Å². The van der Waals surface area contributed by atoms with E-state index < -0.39 is 0 Å². The number of morpholine rings is 1. The minimum Gasteiger partial charge on any atom is -0.379 e. The summed E-state index contributed by atoms with van der Waals surface area (Å²) in [5, 5.41) is 3.07. The quantitative estimate of drug-likeness (QED) is 0.464. The van der Waals surface area contributed by atoms with Crippen LogP contribution in [0.25, 0.3) is 5.65 Å². The van der Waals surface area contributed by atoms with Gasteiger partial charge >= 0.3 is 0 Å². The van der Waals surface area contributed by atoms with Crippen molar-refractivity contribution in [2.75, 3.05) is 31.6 Å². The molecule has 0 saturated carbocycles. The largest absolute Gasteiger partial charge is 0.379 e. The number of imidazole rings is 1. The summed E-state index contributed by atoms with van der Waals surface area (Å²) in [6.07, 6.45) is 6.95. The second-order valence-electron chi connectivity index (χ2n) is 8.78. The summed E-state index contributed by atoms with van der Waals surface area (Å²) in [6.45, 7) is 8.27. The van der Waals surface area contributed by atoms with Crippen molar-refractivity contribution in [1.29, 1.82) is 0 Å². The molecule has 1 N–H and O–H groups in total. The maximum absolute atomic E-state index is 13.1. The average Bonchev–Trinajstić information content (AvgIpc) is 3.27. The average molecular weight is 466 g/mol. The lowest BCUT2D eigenvalue weighted by Gasteiger charge is -2.26. The molecular formula is C28H27N5O2. The molecule has 35 heavy (non-hydrogen) atoms. The number of hydrogen-bond acceptors (Lipinski definition) is 5. The Morgan fingerprint density at radius 3 is 2.80 bits per heavy atom. The number of aromatic nitrogens is 3. The van der Waals surface area contributed by atoms with Crippen molar-refractivity contribution in [3.63, 3.8) is 0 Å². The van der Waals surface area contributed by atoms with Crippen molar-refractivity contribution in [3.05, 3.63) is 94.7 Å². The molecule has 0 atom stereocenters. The minimum atomic E-state index is -0.156. The van der Waals surface area contributed by atoms with E-state index in [1.165, 1.54) is 5.56 Å². The Labute approximate surface area is 204 Å². The van der Waals surface area contributed by atoms with Crippen LogP contribution in [0.1, 0.15) is 38.3 Å². The van der Waals surface area contributed by atoms with E-state index in [-0.39, 0.29) is 5.91 Å². The lowest BCUT2D eigenvalue weighted by atomic mass is 10.0. The summed E-state index contributed by atoms with van der Waals surface area (Å²) < 4.78 is 7.33. The predicted molar refractivity (Wildman–Crippen MR) is 135 cm³/mol. The van der Waals surface area contributed by atoms with Gasteiger partial charge in [0, 0.05) is 48.8 Å². The molecule has 2 aromatic heterocycles. The second-order valence-corrected chi connectivity index (χ2v) is 8.78. The number of anilines is 1. The number of fused-ring (bicyclic) bond motifs is 1. The fraction of sp³-hybridized carbons (Fsp3) is 0.250. The van der Waals surface area contributed by atoms with Crippen molar-refractivity contribution in [3.8, 4) is 11.8 Å². The summed E-state index contributed by atoms with van der Waals surface area (Å²) in [5.41, 5.74) is 6.98. The highest BCUT2D eigenvalue weighted by atomic mass is 16.5. The SMILES string of the molecule is Cc1cc(CN2CCOCC2)cc(NC(=O)c2ccc(C)c(C#Cc3cnc4cnccn34)c2)c1. The van der Waals surface area contributed by atoms with Gasteiger partial charge in [0.05, 0.1) is 25.6 Å². The van der Waals surface area contributed by atoms with Gasteiger partial charge < -0.3 is 10.1 Å². The topological polar surface area (TPSA) is 71.8 Å². The molecule has 176 valence electrons. The van der Waals surface area contributed by atoms with Gasteiger partial charge in [-0.1, -0.05) is 18.1 Å². The highest BCUT2D eigenvalue weighted by molar-refractivity contribution is 6.04. The molecule has 1 saturated heterocycles. The fourth-order valence-corrected chi connectivity index (χ4v) is 4.21. The van der Waals surface area contributed by atoms with Crippen LogP contribution in [0.15, 0.2) is 61.2 Å². The first-order chi connectivity index (χ1) is 17.0. The van der Waals surface area contributed by atoms with Crippen molar-refractivity contribution < 1.29 is 9.53 Å². The third-order valence-corrected chi connectivity index (χ3v) is 6.05. The summed E-state index contributed by atoms with van der Waals surface area (Å²) in [7, 11) is 0. The molecule has 1 aliphatic heterocycles. The number of amides is 1. The Hall–Kier alpha value is -3.99. The third-order valence-electron chi connectivity index (χ3n) is 6.05. The summed E-state index contributed by atoms with van der Waals surface area (Å²) in [6, 6.07) is 11.8. The van der Waals surface area contributed by atoms with Crippen LogP contribution in [0.4, 0.5) is 5.69 Å². The van der Waals surface area contributed by atoms with Gasteiger partial charge in [-0.2, -0.15) is 0 Å². The minimum absolute atomic E-state index is 0.156. The van der Waals surface area contributed by atoms with Crippen LogP contribution in [0.5, 0.6) is 0 Å². The Bertz CT molecular complexity index is 1440. The van der Waals surface area contributed by atoms with Gasteiger partial charge in [0.2, 0.25) is 0 Å². The van der Waals surface area contributed by atoms with Gasteiger partial charge in [-0.15, -0.1) is 0 Å². The van der Waals surface area contributed by atoms with Crippen molar-refractivity contribution >= 4 is 17.2 Å². The zero-order valence-electron chi connectivity index (χ0n) is 19.9. The number of rotatable bonds is 4. The Kier molecular flexibility index (Phi) is 6.57. The van der Waals surface area contributed by atoms with E-state index in [1.807, 2.05) is 48.7 Å². The van der Waals surface area contributed by atoms with Gasteiger partial charge in [0.1, 0.15) is 5.69 Å². The highest BCUT2D eigenvalue weighted by Gasteiger charge is 2.13. The normalized spacial score (nSPS) is 13.9. The second kappa shape index (κ2) is 10.1. The maximum atomic E-state index is 13.1. The molecule has 0 unspecified atom stereocenters. The number of ether oxygens (including phenoxy) is 1. The molecule has 2 aromatic carbocycles. The van der Waals surface area contributed by atoms with E-state index in [0.29, 0.717) is 5.56 Å². The summed E-state index contributed by atoms with van der Waals surface area (Å²) >= 11 is 0. The molecule has 5 rings (SSSR count).